The summed E-state index contributed by atoms with van der Waals surface area (Å²) in [6.07, 6.45) is 3.68. The fraction of sp³-hybridized carbons (Fsp3) is 0.667. The minimum absolute atomic E-state index is 0.0261. The molecule has 1 fully saturated rings. The lowest BCUT2D eigenvalue weighted by atomic mass is 9.86. The van der Waals surface area contributed by atoms with Crippen LogP contribution in [0.2, 0.25) is 0 Å². The highest BCUT2D eigenvalue weighted by Crippen LogP contribution is 2.27. The number of hydrogen-bond acceptors (Lipinski definition) is 5. The second-order valence-corrected chi connectivity index (χ2v) is 11.8. The van der Waals surface area contributed by atoms with Crippen molar-refractivity contribution >= 4 is 26.8 Å². The number of hydrogen-bond donors (Lipinski definition) is 2. The summed E-state index contributed by atoms with van der Waals surface area (Å²) in [5, 5.41) is 3.47. The van der Waals surface area contributed by atoms with Crippen LogP contribution in [0.15, 0.2) is 27.4 Å². The molecule has 1 aliphatic carbocycles. The second kappa shape index (κ2) is 8.14. The van der Waals surface area contributed by atoms with E-state index in [1.165, 1.54) is 0 Å². The quantitative estimate of drug-likeness (QED) is 0.736. The van der Waals surface area contributed by atoms with Gasteiger partial charge in [0.1, 0.15) is 0 Å². The number of rotatable bonds is 6. The molecule has 1 aromatic heterocycles. The summed E-state index contributed by atoms with van der Waals surface area (Å²) in [7, 11) is -3.30. The van der Waals surface area contributed by atoms with E-state index in [1.807, 2.05) is 32.0 Å². The molecule has 0 aliphatic heterocycles. The van der Waals surface area contributed by atoms with Crippen LogP contribution in [0.5, 0.6) is 0 Å². The Morgan fingerprint density at radius 1 is 1.17 bits per heavy atom. The summed E-state index contributed by atoms with van der Waals surface area (Å²) in [6.45, 7) is 9.92. The van der Waals surface area contributed by atoms with Gasteiger partial charge in [-0.05, 0) is 84.4 Å². The number of aromatic nitrogens is 1. The molecule has 0 atom stereocenters. The molecule has 3 rings (SSSR count). The Morgan fingerprint density at radius 2 is 1.83 bits per heavy atom. The van der Waals surface area contributed by atoms with Crippen molar-refractivity contribution in [1.29, 1.82) is 0 Å². The number of fused-ring (bicyclic) bond motifs is 1. The van der Waals surface area contributed by atoms with E-state index in [0.29, 0.717) is 11.5 Å². The van der Waals surface area contributed by atoms with Crippen molar-refractivity contribution in [2.75, 3.05) is 11.9 Å². The third-order valence-corrected chi connectivity index (χ3v) is 7.95. The summed E-state index contributed by atoms with van der Waals surface area (Å²) < 4.78 is 33.7. The minimum atomic E-state index is -3.30. The normalized spacial score (nSPS) is 21.0. The maximum atomic E-state index is 12.3. The van der Waals surface area contributed by atoms with Crippen LogP contribution in [0.3, 0.4) is 0 Å². The zero-order valence-corrected chi connectivity index (χ0v) is 18.8. The zero-order valence-electron chi connectivity index (χ0n) is 18.0. The van der Waals surface area contributed by atoms with Gasteiger partial charge in [-0.2, -0.15) is 0 Å². The fourth-order valence-electron chi connectivity index (χ4n) is 3.78. The molecule has 0 amide bonds. The highest BCUT2D eigenvalue weighted by Gasteiger charge is 2.32. The summed E-state index contributed by atoms with van der Waals surface area (Å²) in [6, 6.07) is 5.78. The van der Waals surface area contributed by atoms with Crippen LogP contribution < -0.4 is 15.8 Å². The van der Waals surface area contributed by atoms with Gasteiger partial charge in [-0.25, -0.2) is 17.9 Å². The molecule has 29 heavy (non-hydrogen) atoms. The number of nitrogens with zero attached hydrogens (tertiary/aromatic N) is 1. The molecular weight excluding hydrogens is 390 g/mol. The highest BCUT2D eigenvalue weighted by molar-refractivity contribution is 7.90. The standard InChI is InChI=1S/C21H33N3O4S/c1-14(2)24-18-12-17(10-11-19(18)28-20(24)25)22-13-15-6-8-16(9-7-15)23-29(26,27)21(3,4)5/h10-12,14-16,22-23H,6-9,13H2,1-5H3/t15-,16-. The van der Waals surface area contributed by atoms with Gasteiger partial charge in [-0.3, -0.25) is 4.57 Å². The monoisotopic (exact) mass is 423 g/mol. The number of sulfonamides is 1. The summed E-state index contributed by atoms with van der Waals surface area (Å²) in [5.74, 6) is 0.168. The first kappa shape index (κ1) is 21.9. The molecule has 1 aliphatic rings. The molecule has 8 heteroatoms. The molecule has 1 saturated carbocycles. The first-order valence-electron chi connectivity index (χ1n) is 10.4. The van der Waals surface area contributed by atoms with Crippen LogP contribution in [-0.4, -0.2) is 30.3 Å². The van der Waals surface area contributed by atoms with Crippen LogP contribution in [0.25, 0.3) is 11.1 Å². The smallest absolute Gasteiger partial charge is 0.408 e. The Kier molecular flexibility index (Phi) is 6.15. The third-order valence-electron chi connectivity index (χ3n) is 5.70. The second-order valence-electron chi connectivity index (χ2n) is 9.35. The summed E-state index contributed by atoms with van der Waals surface area (Å²) in [4.78, 5) is 12.0. The van der Waals surface area contributed by atoms with Gasteiger partial charge in [0.15, 0.2) is 5.58 Å². The van der Waals surface area contributed by atoms with E-state index >= 15 is 0 Å². The van der Waals surface area contributed by atoms with Crippen molar-refractivity contribution in [2.45, 2.75) is 77.1 Å². The molecule has 7 nitrogen and oxygen atoms in total. The van der Waals surface area contributed by atoms with E-state index in [9.17, 15) is 13.2 Å². The van der Waals surface area contributed by atoms with Crippen molar-refractivity contribution < 1.29 is 12.8 Å². The van der Waals surface area contributed by atoms with E-state index in [-0.39, 0.29) is 17.8 Å². The Hall–Kier alpha value is -1.80. The maximum Gasteiger partial charge on any atom is 0.420 e. The zero-order chi connectivity index (χ0) is 21.4. The Bertz CT molecular complexity index is 1010. The van der Waals surface area contributed by atoms with Crippen LogP contribution in [0, 0.1) is 5.92 Å². The van der Waals surface area contributed by atoms with Crippen molar-refractivity contribution in [2.24, 2.45) is 5.92 Å². The van der Waals surface area contributed by atoms with E-state index < -0.39 is 14.8 Å². The highest BCUT2D eigenvalue weighted by atomic mass is 32.2. The van der Waals surface area contributed by atoms with Gasteiger partial charge in [0.05, 0.1) is 10.3 Å². The molecule has 0 radical (unpaired) electrons. The minimum Gasteiger partial charge on any atom is -0.408 e. The molecule has 1 aromatic carbocycles. The van der Waals surface area contributed by atoms with Gasteiger partial charge in [-0.1, -0.05) is 0 Å². The van der Waals surface area contributed by atoms with Crippen molar-refractivity contribution in [3.05, 3.63) is 28.7 Å². The van der Waals surface area contributed by atoms with Gasteiger partial charge < -0.3 is 9.73 Å². The van der Waals surface area contributed by atoms with Crippen LogP contribution in [0.4, 0.5) is 5.69 Å². The number of benzene rings is 1. The molecule has 0 saturated heterocycles. The van der Waals surface area contributed by atoms with Gasteiger partial charge in [-0.15, -0.1) is 0 Å². The average molecular weight is 424 g/mol. The van der Waals surface area contributed by atoms with Gasteiger partial charge in [0, 0.05) is 24.3 Å². The molecule has 0 spiro atoms. The van der Waals surface area contributed by atoms with Crippen LogP contribution in [0.1, 0.15) is 66.3 Å². The number of nitrogens with one attached hydrogen (secondary N) is 2. The predicted octanol–water partition coefficient (Wildman–Crippen LogP) is 3.86. The Morgan fingerprint density at radius 3 is 2.41 bits per heavy atom. The first-order valence-corrected chi connectivity index (χ1v) is 11.9. The van der Waals surface area contributed by atoms with Gasteiger partial charge in [0.25, 0.3) is 0 Å². The van der Waals surface area contributed by atoms with Crippen LogP contribution in [-0.2, 0) is 10.0 Å². The lowest BCUT2D eigenvalue weighted by molar-refractivity contribution is 0.322. The van der Waals surface area contributed by atoms with E-state index in [1.54, 1.807) is 25.3 Å². The molecule has 0 unspecified atom stereocenters. The lowest BCUT2D eigenvalue weighted by Crippen LogP contribution is -2.46. The Balaban J connectivity index is 1.57. The van der Waals surface area contributed by atoms with Gasteiger partial charge in [0.2, 0.25) is 10.0 Å². The summed E-state index contributed by atoms with van der Waals surface area (Å²) >= 11 is 0. The predicted molar refractivity (Wildman–Crippen MR) is 117 cm³/mol. The third kappa shape index (κ3) is 4.86. The first-order chi connectivity index (χ1) is 13.5. The Labute approximate surface area is 172 Å². The van der Waals surface area contributed by atoms with E-state index in [4.69, 9.17) is 4.42 Å². The molecule has 1 heterocycles. The SMILES string of the molecule is CC(C)n1c(=O)oc2ccc(NC[C@H]3CC[C@H](NS(=O)(=O)C(C)(C)C)CC3)cc21. The van der Waals surface area contributed by atoms with Gasteiger partial charge >= 0.3 is 5.76 Å². The van der Waals surface area contributed by atoms with Crippen molar-refractivity contribution in [1.82, 2.24) is 9.29 Å². The largest absolute Gasteiger partial charge is 0.420 e. The van der Waals surface area contributed by atoms with Crippen molar-refractivity contribution in [3.8, 4) is 0 Å². The average Bonchev–Trinajstić information content (AvgIpc) is 2.95. The van der Waals surface area contributed by atoms with Crippen molar-refractivity contribution in [3.63, 3.8) is 0 Å². The molecular formula is C21H33N3O4S. The maximum absolute atomic E-state index is 12.3. The van der Waals surface area contributed by atoms with E-state index in [0.717, 1.165) is 43.4 Å². The summed E-state index contributed by atoms with van der Waals surface area (Å²) in [5.41, 5.74) is 2.36. The number of anilines is 1. The fourth-order valence-corrected chi connectivity index (χ4v) is 4.80. The molecule has 162 valence electrons. The van der Waals surface area contributed by atoms with E-state index in [2.05, 4.69) is 10.0 Å². The molecule has 0 bridgehead atoms. The lowest BCUT2D eigenvalue weighted by Gasteiger charge is -2.31. The number of oxazole rings is 1. The molecule has 2 aromatic rings. The molecule has 2 N–H and O–H groups in total. The topological polar surface area (TPSA) is 93.3 Å². The van der Waals surface area contributed by atoms with Crippen LogP contribution >= 0.6 is 0 Å².